The molecule has 33 heavy (non-hydrogen) atoms. The van der Waals surface area contributed by atoms with E-state index in [0.717, 1.165) is 11.1 Å². The maximum absolute atomic E-state index is 13.1. The minimum absolute atomic E-state index is 0.313. The number of para-hydroxylation sites is 1. The number of aliphatic hydroxyl groups is 4. The summed E-state index contributed by atoms with van der Waals surface area (Å²) < 4.78 is 12.2. The number of aliphatic hydroxyl groups excluding tert-OH is 4. The fourth-order valence-corrected chi connectivity index (χ4v) is 4.24. The van der Waals surface area contributed by atoms with E-state index in [-0.39, 0.29) is 0 Å². The summed E-state index contributed by atoms with van der Waals surface area (Å²) in [5, 5.41) is 43.6. The molecule has 1 saturated heterocycles. The van der Waals surface area contributed by atoms with Crippen molar-refractivity contribution >= 4 is 28.4 Å². The minimum atomic E-state index is -1.60. The van der Waals surface area contributed by atoms with Gasteiger partial charge in [0.25, 0.3) is 5.91 Å². The lowest BCUT2D eigenvalue weighted by Gasteiger charge is -2.40. The van der Waals surface area contributed by atoms with Crippen LogP contribution in [0.3, 0.4) is 0 Å². The first kappa shape index (κ1) is 23.5. The Labute approximate surface area is 194 Å². The van der Waals surface area contributed by atoms with E-state index >= 15 is 0 Å². The van der Waals surface area contributed by atoms with E-state index in [1.54, 1.807) is 37.6 Å². The first-order valence-corrected chi connectivity index (χ1v) is 10.7. The van der Waals surface area contributed by atoms with Crippen LogP contribution in [0.2, 0.25) is 5.02 Å². The highest BCUT2D eigenvalue weighted by Crippen LogP contribution is 2.27. The van der Waals surface area contributed by atoms with E-state index < -0.39 is 43.2 Å². The molecule has 2 aromatic carbocycles. The average Bonchev–Trinajstić information content (AvgIpc) is 3.18. The van der Waals surface area contributed by atoms with E-state index in [1.165, 1.54) is 0 Å². The SMILES string of the molecule is COc1ccc(Cn2cc(C(=O)N[C@H]3C(O)O[C@H](CO)[C@@H](O)[C@@H]3O)c3ccccc32)c(Cl)c1. The van der Waals surface area contributed by atoms with Crippen molar-refractivity contribution in [2.24, 2.45) is 0 Å². The molecule has 0 bridgehead atoms. The van der Waals surface area contributed by atoms with Gasteiger partial charge < -0.3 is 39.8 Å². The summed E-state index contributed by atoms with van der Waals surface area (Å²) in [5.74, 6) is 0.0748. The molecule has 9 nitrogen and oxygen atoms in total. The van der Waals surface area contributed by atoms with Crippen molar-refractivity contribution in [2.45, 2.75) is 37.2 Å². The van der Waals surface area contributed by atoms with Crippen LogP contribution in [0.4, 0.5) is 0 Å². The van der Waals surface area contributed by atoms with Crippen molar-refractivity contribution in [3.05, 3.63) is 64.8 Å². The number of carbonyl (C=O) groups is 1. The third-order valence-electron chi connectivity index (χ3n) is 5.83. The monoisotopic (exact) mass is 476 g/mol. The van der Waals surface area contributed by atoms with E-state index in [9.17, 15) is 25.2 Å². The van der Waals surface area contributed by atoms with Gasteiger partial charge in [-0.1, -0.05) is 35.9 Å². The Morgan fingerprint density at radius 3 is 2.64 bits per heavy atom. The predicted octanol–water partition coefficient (Wildman–Crippen LogP) is 0.881. The molecule has 2 heterocycles. The summed E-state index contributed by atoms with van der Waals surface area (Å²) in [6.45, 7) is -0.192. The van der Waals surface area contributed by atoms with Crippen molar-refractivity contribution in [3.63, 3.8) is 0 Å². The molecule has 1 aliphatic heterocycles. The Morgan fingerprint density at radius 2 is 1.94 bits per heavy atom. The second-order valence-electron chi connectivity index (χ2n) is 7.87. The van der Waals surface area contributed by atoms with Crippen LogP contribution in [0.1, 0.15) is 15.9 Å². The molecule has 1 amide bonds. The van der Waals surface area contributed by atoms with Crippen molar-refractivity contribution in [1.82, 2.24) is 9.88 Å². The second kappa shape index (κ2) is 9.68. The van der Waals surface area contributed by atoms with E-state index in [0.29, 0.717) is 28.3 Å². The summed E-state index contributed by atoms with van der Waals surface area (Å²) in [4.78, 5) is 13.1. The highest BCUT2D eigenvalue weighted by molar-refractivity contribution is 6.31. The number of ether oxygens (including phenoxy) is 2. The number of fused-ring (bicyclic) bond motifs is 1. The molecule has 1 aliphatic rings. The summed E-state index contributed by atoms with van der Waals surface area (Å²) in [6.07, 6.45) is -4.09. The zero-order valence-electron chi connectivity index (χ0n) is 17.8. The van der Waals surface area contributed by atoms with E-state index in [4.69, 9.17) is 21.1 Å². The molecular formula is C23H25ClN2O7. The number of hydrogen-bond acceptors (Lipinski definition) is 7. The number of rotatable bonds is 6. The fraction of sp³-hybridized carbons (Fsp3) is 0.348. The smallest absolute Gasteiger partial charge is 0.253 e. The standard InChI is InChI=1S/C23H25ClN2O7/c1-32-13-7-6-12(16(24)8-13)9-26-10-15(14-4-2-3-5-17(14)26)22(30)25-19-21(29)20(28)18(11-27)33-23(19)31/h2-8,10,18-21,23,27-29,31H,9,11H2,1H3,(H,25,30)/t18-,19-,20-,21-,23?/m1/s1. The predicted molar refractivity (Wildman–Crippen MR) is 120 cm³/mol. The molecule has 5 N–H and O–H groups in total. The lowest BCUT2D eigenvalue weighted by atomic mass is 9.96. The van der Waals surface area contributed by atoms with Crippen LogP contribution in [-0.4, -0.2) is 75.3 Å². The lowest BCUT2D eigenvalue weighted by molar-refractivity contribution is -0.252. The van der Waals surface area contributed by atoms with Gasteiger partial charge in [0.05, 0.1) is 19.3 Å². The Bertz CT molecular complexity index is 1150. The van der Waals surface area contributed by atoms with Gasteiger partial charge in [0, 0.05) is 28.7 Å². The molecule has 4 rings (SSSR count). The third-order valence-corrected chi connectivity index (χ3v) is 6.18. The lowest BCUT2D eigenvalue weighted by Crippen LogP contribution is -2.64. The molecule has 10 heteroatoms. The van der Waals surface area contributed by atoms with Crippen LogP contribution in [0.5, 0.6) is 5.75 Å². The highest BCUT2D eigenvalue weighted by atomic mass is 35.5. The van der Waals surface area contributed by atoms with Crippen molar-refractivity contribution in [3.8, 4) is 5.75 Å². The Hall–Kier alpha value is -2.66. The average molecular weight is 477 g/mol. The van der Waals surface area contributed by atoms with Gasteiger partial charge in [0.2, 0.25) is 0 Å². The van der Waals surface area contributed by atoms with Gasteiger partial charge in [0.15, 0.2) is 6.29 Å². The number of amides is 1. The minimum Gasteiger partial charge on any atom is -0.497 e. The maximum Gasteiger partial charge on any atom is 0.253 e. The van der Waals surface area contributed by atoms with Crippen LogP contribution in [0, 0.1) is 0 Å². The summed E-state index contributed by atoms with van der Waals surface area (Å²) in [6, 6.07) is 11.4. The quantitative estimate of drug-likeness (QED) is 0.356. The molecule has 5 atom stereocenters. The molecule has 0 radical (unpaired) electrons. The molecule has 0 aliphatic carbocycles. The topological polar surface area (TPSA) is 133 Å². The summed E-state index contributed by atoms with van der Waals surface area (Å²) in [7, 11) is 1.56. The fourth-order valence-electron chi connectivity index (χ4n) is 4.01. The number of hydrogen-bond donors (Lipinski definition) is 5. The van der Waals surface area contributed by atoms with Gasteiger partial charge in [0.1, 0.15) is 30.1 Å². The van der Waals surface area contributed by atoms with E-state index in [1.807, 2.05) is 22.8 Å². The maximum atomic E-state index is 13.1. The number of methoxy groups -OCH3 is 1. The number of halogens is 1. The number of nitrogens with one attached hydrogen (secondary N) is 1. The number of carbonyl (C=O) groups excluding carboxylic acids is 1. The molecule has 1 fully saturated rings. The zero-order valence-corrected chi connectivity index (χ0v) is 18.5. The van der Waals surface area contributed by atoms with Crippen LogP contribution in [-0.2, 0) is 11.3 Å². The van der Waals surface area contributed by atoms with Crippen molar-refractivity contribution < 1.29 is 34.7 Å². The number of nitrogens with zero attached hydrogens (tertiary/aromatic N) is 1. The van der Waals surface area contributed by atoms with Gasteiger partial charge in [-0.2, -0.15) is 0 Å². The van der Waals surface area contributed by atoms with Crippen LogP contribution in [0.25, 0.3) is 10.9 Å². The molecule has 1 unspecified atom stereocenters. The first-order valence-electron chi connectivity index (χ1n) is 10.4. The largest absolute Gasteiger partial charge is 0.497 e. The Balaban J connectivity index is 1.62. The molecule has 1 aromatic heterocycles. The van der Waals surface area contributed by atoms with Gasteiger partial charge in [-0.25, -0.2) is 0 Å². The third kappa shape index (κ3) is 4.56. The second-order valence-corrected chi connectivity index (χ2v) is 8.28. The van der Waals surface area contributed by atoms with Crippen molar-refractivity contribution in [1.29, 1.82) is 0 Å². The molecule has 0 spiro atoms. The molecule has 176 valence electrons. The molecule has 0 saturated carbocycles. The normalized spacial score (nSPS) is 25.2. The van der Waals surface area contributed by atoms with Gasteiger partial charge in [-0.3, -0.25) is 4.79 Å². The summed E-state index contributed by atoms with van der Waals surface area (Å²) in [5.41, 5.74) is 1.93. The zero-order chi connectivity index (χ0) is 23.7. The van der Waals surface area contributed by atoms with E-state index in [2.05, 4.69) is 5.32 Å². The van der Waals surface area contributed by atoms with Crippen LogP contribution in [0.15, 0.2) is 48.7 Å². The number of benzene rings is 2. The molecular weight excluding hydrogens is 452 g/mol. The van der Waals surface area contributed by atoms with Crippen LogP contribution < -0.4 is 10.1 Å². The van der Waals surface area contributed by atoms with Crippen LogP contribution >= 0.6 is 11.6 Å². The number of aromatic nitrogens is 1. The van der Waals surface area contributed by atoms with Crippen molar-refractivity contribution in [2.75, 3.05) is 13.7 Å². The summed E-state index contributed by atoms with van der Waals surface area (Å²) >= 11 is 6.39. The van der Waals surface area contributed by atoms with Gasteiger partial charge >= 0.3 is 0 Å². The Morgan fingerprint density at radius 1 is 1.18 bits per heavy atom. The highest BCUT2D eigenvalue weighted by Gasteiger charge is 2.44. The molecule has 3 aromatic rings. The first-order chi connectivity index (χ1) is 15.8. The van der Waals surface area contributed by atoms with Gasteiger partial charge in [-0.15, -0.1) is 0 Å². The Kier molecular flexibility index (Phi) is 6.89. The van der Waals surface area contributed by atoms with Gasteiger partial charge in [-0.05, 0) is 23.8 Å².